The summed E-state index contributed by atoms with van der Waals surface area (Å²) in [5, 5.41) is 21.7. The van der Waals surface area contributed by atoms with Gasteiger partial charge in [-0.25, -0.2) is 0 Å². The molecule has 0 amide bonds. The number of aliphatic hydroxyl groups excluding tert-OH is 2. The van der Waals surface area contributed by atoms with E-state index in [1.807, 2.05) is 0 Å². The summed E-state index contributed by atoms with van der Waals surface area (Å²) in [6, 6.07) is 3.04. The van der Waals surface area contributed by atoms with Crippen molar-refractivity contribution in [1.29, 1.82) is 0 Å². The van der Waals surface area contributed by atoms with E-state index in [-0.39, 0.29) is 22.2 Å². The molecule has 0 saturated carbocycles. The van der Waals surface area contributed by atoms with Crippen molar-refractivity contribution in [3.8, 4) is 0 Å². The fraction of sp³-hybridized carbons (Fsp3) is 0.375. The van der Waals surface area contributed by atoms with Crippen LogP contribution in [0, 0.1) is 0 Å². The van der Waals surface area contributed by atoms with Crippen molar-refractivity contribution >= 4 is 62.3 Å². The molecule has 10 heteroatoms. The number of rotatable bonds is 4. The standard InChI is InChI=1S/C16H14BrCl2NO6/c1-6(22)25-5-12-13(23)14(24)16(26-12)20-11-3-10(19)9(18)2-7(11)8(4-21)15(20)17/h2-4,12-14,16,23-24H,5H2,1H3/t12-,13-,14-,16?/m1/s1/i1D. The Morgan fingerprint density at radius 1 is 1.42 bits per heavy atom. The van der Waals surface area contributed by atoms with Crippen LogP contribution in [0.5, 0.6) is 0 Å². The summed E-state index contributed by atoms with van der Waals surface area (Å²) in [5.41, 5.74) is 0.733. The highest BCUT2D eigenvalue weighted by Crippen LogP contribution is 2.40. The van der Waals surface area contributed by atoms with Crippen LogP contribution in [0.3, 0.4) is 0 Å². The monoisotopic (exact) mass is 466 g/mol. The van der Waals surface area contributed by atoms with Crippen LogP contribution in [0.2, 0.25) is 10.0 Å². The minimum Gasteiger partial charge on any atom is -0.463 e. The zero-order valence-electron chi connectivity index (χ0n) is 14.1. The van der Waals surface area contributed by atoms with Gasteiger partial charge in [0.15, 0.2) is 12.5 Å². The summed E-state index contributed by atoms with van der Waals surface area (Å²) < 4.78 is 19.2. The molecule has 7 nitrogen and oxygen atoms in total. The third-order valence-electron chi connectivity index (χ3n) is 4.14. The van der Waals surface area contributed by atoms with Crippen molar-refractivity contribution in [2.75, 3.05) is 6.61 Å². The Hall–Kier alpha value is -1.16. The van der Waals surface area contributed by atoms with Gasteiger partial charge in [-0.15, -0.1) is 0 Å². The van der Waals surface area contributed by atoms with E-state index in [0.717, 1.165) is 0 Å². The van der Waals surface area contributed by atoms with Gasteiger partial charge in [0.1, 0.15) is 24.9 Å². The zero-order chi connectivity index (χ0) is 19.9. The molecule has 1 aromatic carbocycles. The second-order valence-corrected chi connectivity index (χ2v) is 7.27. The minimum absolute atomic E-state index is 0.238. The lowest BCUT2D eigenvalue weighted by Crippen LogP contribution is -2.34. The summed E-state index contributed by atoms with van der Waals surface area (Å²) in [6.07, 6.45) is -4.18. The summed E-state index contributed by atoms with van der Waals surface area (Å²) in [6.45, 7) is -0.888. The van der Waals surface area contributed by atoms with Gasteiger partial charge in [0.25, 0.3) is 0 Å². The number of ether oxygens (including phenoxy) is 2. The lowest BCUT2D eigenvalue weighted by Gasteiger charge is -2.19. The first-order valence-corrected chi connectivity index (χ1v) is 8.95. The van der Waals surface area contributed by atoms with E-state index >= 15 is 0 Å². The van der Waals surface area contributed by atoms with Crippen LogP contribution in [-0.2, 0) is 14.3 Å². The zero-order valence-corrected chi connectivity index (χ0v) is 16.2. The van der Waals surface area contributed by atoms with Gasteiger partial charge in [0, 0.05) is 13.7 Å². The number of benzene rings is 1. The Labute approximate surface area is 167 Å². The van der Waals surface area contributed by atoms with Crippen molar-refractivity contribution in [3.05, 3.63) is 32.3 Å². The quantitative estimate of drug-likeness (QED) is 0.530. The number of hydrogen-bond donors (Lipinski definition) is 2. The first-order chi connectivity index (χ1) is 12.8. The maximum Gasteiger partial charge on any atom is 0.302 e. The Morgan fingerprint density at radius 3 is 2.77 bits per heavy atom. The Bertz CT molecular complexity index is 907. The molecule has 4 atom stereocenters. The molecule has 0 radical (unpaired) electrons. The van der Waals surface area contributed by atoms with E-state index in [0.29, 0.717) is 21.8 Å². The van der Waals surface area contributed by atoms with E-state index < -0.39 is 37.4 Å². The van der Waals surface area contributed by atoms with Gasteiger partial charge in [-0.3, -0.25) is 9.59 Å². The summed E-state index contributed by atoms with van der Waals surface area (Å²) in [5.74, 6) is -0.777. The number of halogens is 3. The number of aldehydes is 1. The lowest BCUT2D eigenvalue weighted by atomic mass is 10.1. The van der Waals surface area contributed by atoms with Crippen molar-refractivity contribution in [2.24, 2.45) is 0 Å². The van der Waals surface area contributed by atoms with Gasteiger partial charge < -0.3 is 24.3 Å². The van der Waals surface area contributed by atoms with Gasteiger partial charge in [0.2, 0.25) is 0 Å². The van der Waals surface area contributed by atoms with Crippen molar-refractivity contribution < 1.29 is 30.6 Å². The summed E-state index contributed by atoms with van der Waals surface area (Å²) in [7, 11) is 0. The highest BCUT2D eigenvalue weighted by atomic mass is 79.9. The molecule has 1 unspecified atom stereocenters. The largest absolute Gasteiger partial charge is 0.463 e. The van der Waals surface area contributed by atoms with E-state index in [1.165, 1.54) is 16.7 Å². The normalized spacial score (nSPS) is 26.1. The van der Waals surface area contributed by atoms with Gasteiger partial charge >= 0.3 is 5.97 Å². The number of aromatic nitrogens is 1. The average molecular weight is 468 g/mol. The minimum atomic E-state index is -1.37. The Kier molecular flexibility index (Phi) is 5.22. The van der Waals surface area contributed by atoms with Crippen LogP contribution in [0.15, 0.2) is 16.7 Å². The number of hydrogen-bond acceptors (Lipinski definition) is 6. The molecular weight excluding hydrogens is 453 g/mol. The van der Waals surface area contributed by atoms with Crippen LogP contribution < -0.4 is 0 Å². The van der Waals surface area contributed by atoms with Crippen LogP contribution in [0.25, 0.3) is 10.9 Å². The van der Waals surface area contributed by atoms with Gasteiger partial charge in [0.05, 0.1) is 25.7 Å². The highest BCUT2D eigenvalue weighted by Gasteiger charge is 2.45. The fourth-order valence-corrected chi connectivity index (χ4v) is 3.94. The molecule has 0 bridgehead atoms. The van der Waals surface area contributed by atoms with Crippen molar-refractivity contribution in [1.82, 2.24) is 4.57 Å². The number of esters is 1. The molecule has 1 fully saturated rings. The predicted molar refractivity (Wildman–Crippen MR) is 97.6 cm³/mol. The lowest BCUT2D eigenvalue weighted by molar-refractivity contribution is -0.147. The van der Waals surface area contributed by atoms with E-state index in [9.17, 15) is 19.8 Å². The highest BCUT2D eigenvalue weighted by molar-refractivity contribution is 9.10. The van der Waals surface area contributed by atoms with E-state index in [4.69, 9.17) is 34.0 Å². The van der Waals surface area contributed by atoms with Crippen molar-refractivity contribution in [3.63, 3.8) is 0 Å². The SMILES string of the molecule is [2H]CC(=O)OC[C@H]1OC(n2c(Br)c(C=O)c3cc(Cl)c(Cl)cc32)[C@H](O)[C@@H]1O. The molecule has 26 heavy (non-hydrogen) atoms. The second kappa shape index (κ2) is 7.46. The number of carbonyl (C=O) groups excluding carboxylic acids is 2. The number of carbonyl (C=O) groups is 2. The predicted octanol–water partition coefficient (Wildman–Crippen LogP) is 2.71. The molecule has 2 heterocycles. The maximum atomic E-state index is 11.5. The molecule has 1 aromatic heterocycles. The molecule has 140 valence electrons. The van der Waals surface area contributed by atoms with Gasteiger partial charge in [-0.05, 0) is 28.1 Å². The average Bonchev–Trinajstić information content (AvgIpc) is 3.06. The molecule has 1 saturated heterocycles. The molecule has 1 aliphatic heterocycles. The van der Waals surface area contributed by atoms with Crippen LogP contribution in [0.1, 0.15) is 24.9 Å². The maximum absolute atomic E-state index is 11.5. The first-order valence-electron chi connectivity index (χ1n) is 8.11. The number of fused-ring (bicyclic) bond motifs is 1. The summed E-state index contributed by atoms with van der Waals surface area (Å²) in [4.78, 5) is 22.7. The smallest absolute Gasteiger partial charge is 0.302 e. The van der Waals surface area contributed by atoms with E-state index in [2.05, 4.69) is 15.9 Å². The third-order valence-corrected chi connectivity index (χ3v) is 5.67. The van der Waals surface area contributed by atoms with Gasteiger partial charge in [-0.2, -0.15) is 0 Å². The van der Waals surface area contributed by atoms with Crippen LogP contribution >= 0.6 is 39.1 Å². The Balaban J connectivity index is 2.02. The fourth-order valence-electron chi connectivity index (χ4n) is 2.91. The molecular formula is C16H14BrCl2NO6. The molecule has 0 spiro atoms. The first kappa shape index (κ1) is 18.2. The van der Waals surface area contributed by atoms with Gasteiger partial charge in [-0.1, -0.05) is 23.2 Å². The third kappa shape index (κ3) is 3.26. The van der Waals surface area contributed by atoms with Crippen molar-refractivity contribution in [2.45, 2.75) is 31.4 Å². The molecule has 1 aliphatic rings. The molecule has 2 N–H and O–H groups in total. The summed E-state index contributed by atoms with van der Waals surface area (Å²) >= 11 is 15.4. The second-order valence-electron chi connectivity index (χ2n) is 5.71. The molecule has 2 aromatic rings. The molecule has 3 rings (SSSR count). The number of nitrogens with zero attached hydrogens (tertiary/aromatic N) is 1. The number of aliphatic hydroxyl groups is 2. The van der Waals surface area contributed by atoms with E-state index in [1.54, 1.807) is 0 Å². The van der Waals surface area contributed by atoms with Crippen LogP contribution in [-0.4, -0.2) is 52.0 Å². The van der Waals surface area contributed by atoms with Crippen LogP contribution in [0.4, 0.5) is 0 Å². The topological polar surface area (TPSA) is 98.0 Å². The Morgan fingerprint density at radius 2 is 2.12 bits per heavy atom. The molecule has 0 aliphatic carbocycles.